The molecule has 0 aromatic heterocycles. The van der Waals surface area contributed by atoms with Crippen LogP contribution in [0.4, 0.5) is 0 Å². The predicted octanol–water partition coefficient (Wildman–Crippen LogP) is 2.21. The molecule has 0 aliphatic heterocycles. The largest absolute Gasteiger partial charge is 0.497 e. The second-order valence-electron chi connectivity index (χ2n) is 6.34. The number of hydrogen-bond donors (Lipinski definition) is 1. The van der Waals surface area contributed by atoms with E-state index in [1.54, 1.807) is 7.11 Å². The van der Waals surface area contributed by atoms with Crippen LogP contribution in [0.3, 0.4) is 0 Å². The first kappa shape index (κ1) is 18.0. The molecule has 4 nitrogen and oxygen atoms in total. The van der Waals surface area contributed by atoms with Crippen LogP contribution in [-0.4, -0.2) is 57.2 Å². The molecule has 0 spiro atoms. The lowest BCUT2D eigenvalue weighted by Gasteiger charge is -2.28. The van der Waals surface area contributed by atoms with Gasteiger partial charge in [-0.25, -0.2) is 0 Å². The van der Waals surface area contributed by atoms with Crippen molar-refractivity contribution in [2.75, 3.05) is 47.4 Å². The summed E-state index contributed by atoms with van der Waals surface area (Å²) in [7, 11) is 5.90. The van der Waals surface area contributed by atoms with Crippen molar-refractivity contribution in [3.05, 3.63) is 29.8 Å². The Morgan fingerprint density at radius 3 is 2.14 bits per heavy atom. The predicted molar refractivity (Wildman–Crippen MR) is 89.8 cm³/mol. The van der Waals surface area contributed by atoms with E-state index < -0.39 is 0 Å². The first-order valence-electron chi connectivity index (χ1n) is 7.69. The van der Waals surface area contributed by atoms with E-state index >= 15 is 0 Å². The van der Waals surface area contributed by atoms with Crippen molar-refractivity contribution in [3.8, 4) is 5.75 Å². The quantitative estimate of drug-likeness (QED) is 0.758. The summed E-state index contributed by atoms with van der Waals surface area (Å²) in [6.45, 7) is 8.58. The Morgan fingerprint density at radius 2 is 1.67 bits per heavy atom. The lowest BCUT2D eigenvalue weighted by Crippen LogP contribution is -2.39. The summed E-state index contributed by atoms with van der Waals surface area (Å²) < 4.78 is 5.19. The van der Waals surface area contributed by atoms with Gasteiger partial charge in [-0.3, -0.25) is 4.90 Å². The van der Waals surface area contributed by atoms with Crippen molar-refractivity contribution < 1.29 is 4.74 Å². The average Bonchev–Trinajstić information content (AvgIpc) is 2.44. The zero-order valence-corrected chi connectivity index (χ0v) is 14.2. The molecule has 4 heteroatoms. The van der Waals surface area contributed by atoms with Gasteiger partial charge >= 0.3 is 0 Å². The van der Waals surface area contributed by atoms with Crippen LogP contribution < -0.4 is 10.5 Å². The van der Waals surface area contributed by atoms with E-state index in [4.69, 9.17) is 10.5 Å². The number of benzene rings is 1. The lowest BCUT2D eigenvalue weighted by molar-refractivity contribution is 0.208. The Labute approximate surface area is 129 Å². The number of likely N-dealkylation sites (N-methyl/N-ethyl adjacent to an activating group) is 1. The Morgan fingerprint density at radius 1 is 1.05 bits per heavy atom. The Hall–Kier alpha value is -1.10. The van der Waals surface area contributed by atoms with Gasteiger partial charge in [0.2, 0.25) is 0 Å². The van der Waals surface area contributed by atoms with Crippen molar-refractivity contribution >= 4 is 0 Å². The lowest BCUT2D eigenvalue weighted by atomic mass is 10.1. The summed E-state index contributed by atoms with van der Waals surface area (Å²) in [5, 5.41) is 0. The fourth-order valence-corrected chi connectivity index (χ4v) is 2.35. The molecule has 21 heavy (non-hydrogen) atoms. The van der Waals surface area contributed by atoms with Crippen LogP contribution in [0.2, 0.25) is 0 Å². The van der Waals surface area contributed by atoms with E-state index in [1.165, 1.54) is 0 Å². The van der Waals surface area contributed by atoms with Crippen LogP contribution in [0.5, 0.6) is 5.75 Å². The van der Waals surface area contributed by atoms with Gasteiger partial charge < -0.3 is 15.4 Å². The van der Waals surface area contributed by atoms with Crippen molar-refractivity contribution in [2.45, 2.75) is 19.9 Å². The highest BCUT2D eigenvalue weighted by Gasteiger charge is 2.14. The molecule has 0 aliphatic carbocycles. The summed E-state index contributed by atoms with van der Waals surface area (Å²) in [4.78, 5) is 4.67. The van der Waals surface area contributed by atoms with Gasteiger partial charge in [0.05, 0.1) is 7.11 Å². The highest BCUT2D eigenvalue weighted by atomic mass is 16.5. The SMILES string of the molecule is COc1ccc(C(N)CN(CCN(C)C)CC(C)C)cc1. The van der Waals surface area contributed by atoms with E-state index in [0.717, 1.165) is 37.5 Å². The molecule has 0 heterocycles. The van der Waals surface area contributed by atoms with Crippen LogP contribution >= 0.6 is 0 Å². The summed E-state index contributed by atoms with van der Waals surface area (Å²) in [5.41, 5.74) is 7.53. The topological polar surface area (TPSA) is 41.7 Å². The van der Waals surface area contributed by atoms with E-state index in [2.05, 4.69) is 49.9 Å². The summed E-state index contributed by atoms with van der Waals surface area (Å²) in [6, 6.07) is 8.10. The smallest absolute Gasteiger partial charge is 0.118 e. The van der Waals surface area contributed by atoms with Crippen molar-refractivity contribution in [3.63, 3.8) is 0 Å². The van der Waals surface area contributed by atoms with Crippen molar-refractivity contribution in [1.82, 2.24) is 9.80 Å². The highest BCUT2D eigenvalue weighted by Crippen LogP contribution is 2.17. The molecule has 1 aromatic carbocycles. The number of methoxy groups -OCH3 is 1. The first-order valence-corrected chi connectivity index (χ1v) is 7.69. The maximum Gasteiger partial charge on any atom is 0.118 e. The second-order valence-corrected chi connectivity index (χ2v) is 6.34. The molecule has 2 N–H and O–H groups in total. The van der Waals surface area contributed by atoms with Gasteiger partial charge in [-0.1, -0.05) is 26.0 Å². The number of rotatable bonds is 9. The number of ether oxygens (including phenoxy) is 1. The Kier molecular flexibility index (Phi) is 7.72. The third kappa shape index (κ3) is 6.93. The normalized spacial score (nSPS) is 13.2. The maximum atomic E-state index is 6.37. The second kappa shape index (κ2) is 9.03. The minimum atomic E-state index is 0.0387. The fourth-order valence-electron chi connectivity index (χ4n) is 2.35. The van der Waals surface area contributed by atoms with Crippen LogP contribution in [-0.2, 0) is 0 Å². The summed E-state index contributed by atoms with van der Waals surface area (Å²) in [6.07, 6.45) is 0. The van der Waals surface area contributed by atoms with Crippen LogP contribution in [0.25, 0.3) is 0 Å². The molecule has 1 unspecified atom stereocenters. The molecule has 0 saturated carbocycles. The minimum Gasteiger partial charge on any atom is -0.497 e. The maximum absolute atomic E-state index is 6.37. The van der Waals surface area contributed by atoms with Crippen LogP contribution in [0.1, 0.15) is 25.5 Å². The number of hydrogen-bond acceptors (Lipinski definition) is 4. The third-order valence-electron chi connectivity index (χ3n) is 3.49. The van der Waals surface area contributed by atoms with E-state index in [9.17, 15) is 0 Å². The molecule has 0 bridgehead atoms. The Bertz CT molecular complexity index is 390. The fraction of sp³-hybridized carbons (Fsp3) is 0.647. The van der Waals surface area contributed by atoms with Crippen LogP contribution in [0.15, 0.2) is 24.3 Å². The minimum absolute atomic E-state index is 0.0387. The van der Waals surface area contributed by atoms with Crippen LogP contribution in [0, 0.1) is 5.92 Å². The van der Waals surface area contributed by atoms with Gasteiger partial charge in [0.1, 0.15) is 5.75 Å². The molecule has 1 aromatic rings. The van der Waals surface area contributed by atoms with Gasteiger partial charge in [-0.2, -0.15) is 0 Å². The number of nitrogens with zero attached hydrogens (tertiary/aromatic N) is 2. The molecule has 0 aliphatic rings. The first-order chi connectivity index (χ1) is 9.92. The molecule has 1 atom stereocenters. The summed E-state index contributed by atoms with van der Waals surface area (Å²) in [5.74, 6) is 1.52. The Balaban J connectivity index is 2.62. The van der Waals surface area contributed by atoms with Gasteiger partial charge in [0.15, 0.2) is 0 Å². The highest BCUT2D eigenvalue weighted by molar-refractivity contribution is 5.29. The van der Waals surface area contributed by atoms with Gasteiger partial charge in [0.25, 0.3) is 0 Å². The standard InChI is InChI=1S/C17H31N3O/c1-14(2)12-20(11-10-19(3)4)13-17(18)15-6-8-16(21-5)9-7-15/h6-9,14,17H,10-13,18H2,1-5H3. The molecule has 1 rings (SSSR count). The van der Waals surface area contributed by atoms with Gasteiger partial charge in [-0.15, -0.1) is 0 Å². The zero-order chi connectivity index (χ0) is 15.8. The monoisotopic (exact) mass is 293 g/mol. The van der Waals surface area contributed by atoms with Gasteiger partial charge in [-0.05, 0) is 37.7 Å². The van der Waals surface area contributed by atoms with E-state index in [0.29, 0.717) is 5.92 Å². The third-order valence-corrected chi connectivity index (χ3v) is 3.49. The molecule has 0 radical (unpaired) electrons. The average molecular weight is 293 g/mol. The molecular formula is C17H31N3O. The molecule has 0 saturated heterocycles. The van der Waals surface area contributed by atoms with Crippen molar-refractivity contribution in [2.24, 2.45) is 11.7 Å². The van der Waals surface area contributed by atoms with Gasteiger partial charge in [0, 0.05) is 32.2 Å². The zero-order valence-electron chi connectivity index (χ0n) is 14.2. The number of nitrogens with two attached hydrogens (primary N) is 1. The molecule has 120 valence electrons. The van der Waals surface area contributed by atoms with E-state index in [-0.39, 0.29) is 6.04 Å². The van der Waals surface area contributed by atoms with E-state index in [1.807, 2.05) is 12.1 Å². The molecule has 0 amide bonds. The summed E-state index contributed by atoms with van der Waals surface area (Å²) >= 11 is 0. The van der Waals surface area contributed by atoms with Crippen molar-refractivity contribution in [1.29, 1.82) is 0 Å². The molecular weight excluding hydrogens is 262 g/mol. The molecule has 0 fully saturated rings.